The van der Waals surface area contributed by atoms with Gasteiger partial charge >= 0.3 is 6.09 Å². The van der Waals surface area contributed by atoms with Crippen molar-refractivity contribution in [3.63, 3.8) is 0 Å². The Morgan fingerprint density at radius 2 is 1.24 bits per heavy atom. The van der Waals surface area contributed by atoms with E-state index in [0.29, 0.717) is 0 Å². The van der Waals surface area contributed by atoms with E-state index in [-0.39, 0.29) is 45.5 Å². The van der Waals surface area contributed by atoms with E-state index in [9.17, 15) is 18.7 Å². The van der Waals surface area contributed by atoms with Crippen molar-refractivity contribution < 1.29 is 42.7 Å². The van der Waals surface area contributed by atoms with Crippen molar-refractivity contribution in [1.82, 2.24) is 9.34 Å². The summed E-state index contributed by atoms with van der Waals surface area (Å²) < 4.78 is 41.5. The highest BCUT2D eigenvalue weighted by atomic mass is 31.2. The minimum absolute atomic E-state index is 0. The van der Waals surface area contributed by atoms with Gasteiger partial charge in [-0.15, -0.1) is 0 Å². The van der Waals surface area contributed by atoms with Crippen LogP contribution in [0.25, 0.3) is 0 Å². The van der Waals surface area contributed by atoms with Gasteiger partial charge in [-0.2, -0.15) is 0 Å². The third-order valence-electron chi connectivity index (χ3n) is 3.40. The molecule has 0 saturated carbocycles. The second kappa shape index (κ2) is 25.2. The molecule has 2 unspecified atom stereocenters. The maximum absolute atomic E-state index is 11.9. The fourth-order valence-corrected chi connectivity index (χ4v) is 5.45. The molecule has 0 saturated heterocycles. The number of nitrogens with two attached hydrogens (primary N) is 2. The average molecular weight is 583 g/mol. The SMILES string of the molecule is C.CC(C)O.CC(C)OP(C)(=O)N(C)CC(N)=O.CCN(CC)P(C)(=O)OC(C)C.NC(=O)OCCO. The Kier molecular flexibility index (Phi) is 31.3. The zero-order valence-electron chi connectivity index (χ0n) is 24.0. The lowest BCUT2D eigenvalue weighted by molar-refractivity contribution is -0.118. The van der Waals surface area contributed by atoms with Gasteiger partial charge in [-0.05, 0) is 48.6 Å². The number of aliphatic hydroxyl groups is 2. The van der Waals surface area contributed by atoms with Crippen molar-refractivity contribution in [2.45, 2.75) is 81.1 Å². The zero-order valence-corrected chi connectivity index (χ0v) is 25.8. The van der Waals surface area contributed by atoms with Gasteiger partial charge in [-0.3, -0.25) is 13.9 Å². The molecule has 13 nitrogen and oxygen atoms in total. The number of carbonyl (C=O) groups excluding carboxylic acids is 2. The van der Waals surface area contributed by atoms with Crippen molar-refractivity contribution in [3.05, 3.63) is 0 Å². The van der Waals surface area contributed by atoms with Gasteiger partial charge in [0.2, 0.25) is 5.91 Å². The Balaban J connectivity index is -0.000000131. The van der Waals surface area contributed by atoms with Gasteiger partial charge in [0.05, 0.1) is 25.4 Å². The number of hydrogen-bond acceptors (Lipinski definition) is 9. The number of likely N-dealkylation sites (N-methyl/N-ethyl adjacent to an activating group) is 1. The molecule has 0 aliphatic carbocycles. The van der Waals surface area contributed by atoms with Crippen LogP contribution in [0.15, 0.2) is 0 Å². The minimum atomic E-state index is -2.86. The molecule has 0 aromatic heterocycles. The van der Waals surface area contributed by atoms with Crippen molar-refractivity contribution in [3.8, 4) is 0 Å². The molecule has 0 radical (unpaired) electrons. The summed E-state index contributed by atoms with van der Waals surface area (Å²) in [7, 11) is -3.84. The molecule has 0 aromatic carbocycles. The molecule has 0 spiro atoms. The summed E-state index contributed by atoms with van der Waals surface area (Å²) in [5, 5.41) is 16.0. The number of primary amides is 2. The number of aliphatic hydroxyl groups excluding tert-OH is 2. The quantitative estimate of drug-likeness (QED) is 0.246. The van der Waals surface area contributed by atoms with Crippen LogP contribution in [0.1, 0.15) is 62.8 Å². The number of amides is 2. The lowest BCUT2D eigenvalue weighted by Gasteiger charge is -2.27. The van der Waals surface area contributed by atoms with Crippen molar-refractivity contribution >= 4 is 27.0 Å². The zero-order chi connectivity index (χ0) is 29.7. The van der Waals surface area contributed by atoms with E-state index in [4.69, 9.17) is 25.0 Å². The van der Waals surface area contributed by atoms with Crippen LogP contribution in [0, 0.1) is 0 Å². The maximum Gasteiger partial charge on any atom is 0.404 e. The van der Waals surface area contributed by atoms with E-state index in [1.54, 1.807) is 41.4 Å². The molecular weight excluding hydrogens is 526 g/mol. The highest BCUT2D eigenvalue weighted by Gasteiger charge is 2.25. The maximum atomic E-state index is 11.9. The van der Waals surface area contributed by atoms with Crippen LogP contribution >= 0.6 is 15.0 Å². The fraction of sp³-hybridized carbons (Fsp3) is 0.909. The highest BCUT2D eigenvalue weighted by molar-refractivity contribution is 7.55. The smallest absolute Gasteiger partial charge is 0.404 e. The monoisotopic (exact) mass is 582 g/mol. The first kappa shape index (κ1) is 45.9. The van der Waals surface area contributed by atoms with Gasteiger partial charge in [0.15, 0.2) is 0 Å². The van der Waals surface area contributed by atoms with Gasteiger partial charge in [0.1, 0.15) is 6.61 Å². The molecule has 0 aliphatic rings. The first-order chi connectivity index (χ1) is 16.2. The Hall–Kier alpha value is -1.04. The van der Waals surface area contributed by atoms with Crippen molar-refractivity contribution in [1.29, 1.82) is 0 Å². The first-order valence-electron chi connectivity index (χ1n) is 11.7. The third-order valence-corrected chi connectivity index (χ3v) is 8.00. The fourth-order valence-electron chi connectivity index (χ4n) is 2.17. The Bertz CT molecular complexity index is 659. The van der Waals surface area contributed by atoms with Crippen molar-refractivity contribution in [2.75, 3.05) is 53.2 Å². The normalized spacial score (nSPS) is 13.7. The molecule has 0 fully saturated rings. The number of hydrogen-bond donors (Lipinski definition) is 4. The van der Waals surface area contributed by atoms with Crippen LogP contribution in [0.5, 0.6) is 0 Å². The summed E-state index contributed by atoms with van der Waals surface area (Å²) in [6, 6.07) is 0. The topological polar surface area (TPSA) is 195 Å². The standard InChI is InChI=1S/C8H20NO2P.C7H17N2O3P.C3H7NO3.C3H8O.CH4/c1-6-9(7-2)12(5,10)11-8(3)4;1-6(2)12-13(4,11)9(3)5-7(8)10;4-3(6)7-2-1-5;1-3(2)4;/h8H,6-7H2,1-5H3;6H,5H2,1-4H3,(H2,8,10);5H,1-2H2,(H2,4,6);3-4H,1-2H3;1H4. The first-order valence-corrected chi connectivity index (χ1v) is 15.7. The summed E-state index contributed by atoms with van der Waals surface area (Å²) in [5.74, 6) is -0.517. The third kappa shape index (κ3) is 35.0. The average Bonchev–Trinajstić information content (AvgIpc) is 2.65. The van der Waals surface area contributed by atoms with E-state index in [0.717, 1.165) is 13.1 Å². The summed E-state index contributed by atoms with van der Waals surface area (Å²) in [5.41, 5.74) is 9.47. The second-order valence-corrected chi connectivity index (χ2v) is 13.2. The molecular formula is C22H56N4O9P2. The predicted molar refractivity (Wildman–Crippen MR) is 151 cm³/mol. The van der Waals surface area contributed by atoms with Gasteiger partial charge in [0, 0.05) is 32.5 Å². The van der Waals surface area contributed by atoms with Gasteiger partial charge in [-0.25, -0.2) is 14.1 Å². The summed E-state index contributed by atoms with van der Waals surface area (Å²) in [6.45, 7) is 19.2. The molecule has 0 aromatic rings. The van der Waals surface area contributed by atoms with Crippen LogP contribution in [0.3, 0.4) is 0 Å². The molecule has 2 atom stereocenters. The van der Waals surface area contributed by atoms with Crippen LogP contribution in [-0.2, 0) is 27.7 Å². The van der Waals surface area contributed by atoms with Crippen LogP contribution < -0.4 is 11.5 Å². The molecule has 37 heavy (non-hydrogen) atoms. The van der Waals surface area contributed by atoms with Crippen molar-refractivity contribution in [2.24, 2.45) is 11.5 Å². The number of ether oxygens (including phenoxy) is 1. The summed E-state index contributed by atoms with van der Waals surface area (Å²) >= 11 is 0. The van der Waals surface area contributed by atoms with E-state index in [1.165, 1.54) is 11.3 Å². The van der Waals surface area contributed by atoms with Crippen LogP contribution in [-0.4, -0.2) is 103 Å². The summed E-state index contributed by atoms with van der Waals surface area (Å²) in [4.78, 5) is 20.2. The Morgan fingerprint density at radius 1 is 0.892 bits per heavy atom. The van der Waals surface area contributed by atoms with Crippen LogP contribution in [0.2, 0.25) is 0 Å². The molecule has 15 heteroatoms. The molecule has 0 bridgehead atoms. The summed E-state index contributed by atoms with van der Waals surface area (Å²) in [6.07, 6.45) is -1.12. The van der Waals surface area contributed by atoms with E-state index in [1.807, 2.05) is 32.4 Å². The molecule has 228 valence electrons. The second-order valence-electron chi connectivity index (χ2n) is 8.32. The van der Waals surface area contributed by atoms with E-state index < -0.39 is 27.0 Å². The van der Waals surface area contributed by atoms with Crippen LogP contribution in [0.4, 0.5) is 4.79 Å². The minimum Gasteiger partial charge on any atom is -0.447 e. The van der Waals surface area contributed by atoms with Gasteiger partial charge < -0.3 is 35.5 Å². The number of carbonyl (C=O) groups is 2. The molecule has 2 amide bonds. The van der Waals surface area contributed by atoms with E-state index in [2.05, 4.69) is 10.5 Å². The molecule has 0 heterocycles. The Morgan fingerprint density at radius 3 is 1.46 bits per heavy atom. The predicted octanol–water partition coefficient (Wildman–Crippen LogP) is 3.32. The molecule has 0 aliphatic heterocycles. The Labute approximate surface area is 225 Å². The largest absolute Gasteiger partial charge is 0.447 e. The molecule has 0 rings (SSSR count). The highest BCUT2D eigenvalue weighted by Crippen LogP contribution is 2.47. The van der Waals surface area contributed by atoms with E-state index >= 15 is 0 Å². The van der Waals surface area contributed by atoms with Gasteiger partial charge in [-0.1, -0.05) is 21.3 Å². The lowest BCUT2D eigenvalue weighted by atomic mass is 10.5. The number of nitrogens with zero attached hydrogens (tertiary/aromatic N) is 2. The lowest BCUT2D eigenvalue weighted by Crippen LogP contribution is -2.29. The number of rotatable bonds is 12. The molecule has 6 N–H and O–H groups in total. The van der Waals surface area contributed by atoms with Gasteiger partial charge in [0.25, 0.3) is 15.0 Å².